The van der Waals surface area contributed by atoms with Gasteiger partial charge in [0.2, 0.25) is 0 Å². The molecule has 0 rings (SSSR count). The van der Waals surface area contributed by atoms with E-state index in [4.69, 9.17) is 0 Å². The van der Waals surface area contributed by atoms with E-state index in [1.165, 1.54) is 0 Å². The van der Waals surface area contributed by atoms with Crippen LogP contribution in [0.3, 0.4) is 0 Å². The van der Waals surface area contributed by atoms with Crippen LogP contribution < -0.4 is 0 Å². The van der Waals surface area contributed by atoms with Crippen molar-refractivity contribution in [3.8, 4) is 0 Å². The molecule has 0 radical (unpaired) electrons. The van der Waals surface area contributed by atoms with Crippen molar-refractivity contribution in [3.63, 3.8) is 0 Å². The predicted molar refractivity (Wildman–Crippen MR) is 38.5 cm³/mol. The van der Waals surface area contributed by atoms with Crippen molar-refractivity contribution in [2.24, 2.45) is 0 Å². The first-order valence-electron chi connectivity index (χ1n) is 0. The molecule has 58 valence electrons. The second kappa shape index (κ2) is 457. The maximum Gasteiger partial charge on any atom is 0 e. The van der Waals surface area contributed by atoms with Crippen molar-refractivity contribution >= 4 is 0 Å². The van der Waals surface area contributed by atoms with E-state index in [1.54, 1.807) is 0 Å². The number of hydrogen-bond donors (Lipinski definition) is 0. The van der Waals surface area contributed by atoms with Gasteiger partial charge in [-0.3, -0.25) is 0 Å². The zero-order valence-electron chi connectivity index (χ0n) is 6.32. The van der Waals surface area contributed by atoms with Crippen LogP contribution in [0, 0.1) is 44.6 Å². The standard InChI is InChI=1S/6CH3.Pt/h6*1H3;/q6*-1;. The van der Waals surface area contributed by atoms with Crippen molar-refractivity contribution in [2.75, 3.05) is 0 Å². The minimum absolute atomic E-state index is 0. The Morgan fingerprint density at radius 2 is 0.286 bits per heavy atom. The van der Waals surface area contributed by atoms with Crippen LogP contribution in [0.2, 0.25) is 0 Å². The topological polar surface area (TPSA) is 0 Å². The van der Waals surface area contributed by atoms with Gasteiger partial charge in [0.05, 0.1) is 0 Å². The molecule has 0 saturated heterocycles. The van der Waals surface area contributed by atoms with E-state index in [9.17, 15) is 0 Å². The van der Waals surface area contributed by atoms with Gasteiger partial charge in [-0.1, -0.05) is 0 Å². The van der Waals surface area contributed by atoms with Crippen LogP contribution >= 0.6 is 0 Å². The summed E-state index contributed by atoms with van der Waals surface area (Å²) in [6.45, 7) is 0. The molecule has 0 aromatic heterocycles. The van der Waals surface area contributed by atoms with Gasteiger partial charge in [0.15, 0.2) is 0 Å². The Balaban J connectivity index is 0. The van der Waals surface area contributed by atoms with Gasteiger partial charge in [0.1, 0.15) is 0 Å². The molecule has 0 heterocycles. The fourth-order valence-corrected chi connectivity index (χ4v) is 0. The van der Waals surface area contributed by atoms with Gasteiger partial charge in [0, 0.05) is 21.1 Å². The first-order valence-corrected chi connectivity index (χ1v) is 0. The number of hydrogen-bond acceptors (Lipinski definition) is 0. The molecule has 0 N–H and O–H groups in total. The van der Waals surface area contributed by atoms with Crippen LogP contribution in [-0.4, -0.2) is 0 Å². The van der Waals surface area contributed by atoms with E-state index in [0.29, 0.717) is 0 Å². The third-order valence-electron chi connectivity index (χ3n) is 0. The summed E-state index contributed by atoms with van der Waals surface area (Å²) in [5, 5.41) is 0. The maximum atomic E-state index is 0. The molecule has 0 atom stereocenters. The molecule has 0 bridgehead atoms. The third kappa shape index (κ3) is 310. The Morgan fingerprint density at radius 1 is 0.286 bits per heavy atom. The fraction of sp³-hybridized carbons (Fsp3) is 0. The molecule has 0 nitrogen and oxygen atoms in total. The molecule has 7 heavy (non-hydrogen) atoms. The summed E-state index contributed by atoms with van der Waals surface area (Å²) < 4.78 is 0. The van der Waals surface area contributed by atoms with Crippen molar-refractivity contribution < 1.29 is 21.1 Å². The Labute approximate surface area is 66.0 Å². The summed E-state index contributed by atoms with van der Waals surface area (Å²) in [6.07, 6.45) is 0. The summed E-state index contributed by atoms with van der Waals surface area (Å²) >= 11 is 0. The van der Waals surface area contributed by atoms with Crippen molar-refractivity contribution in [1.82, 2.24) is 0 Å². The van der Waals surface area contributed by atoms with E-state index in [2.05, 4.69) is 0 Å². The second-order valence-corrected chi connectivity index (χ2v) is 0. The minimum atomic E-state index is 0. The molecule has 0 spiro atoms. The summed E-state index contributed by atoms with van der Waals surface area (Å²) in [5.74, 6) is 0. The Bertz CT molecular complexity index is 4.14. The molecule has 0 fully saturated rings. The van der Waals surface area contributed by atoms with E-state index in [0.717, 1.165) is 0 Å². The number of rotatable bonds is 0. The van der Waals surface area contributed by atoms with Gasteiger partial charge in [-0.15, -0.1) is 0 Å². The van der Waals surface area contributed by atoms with Crippen molar-refractivity contribution in [1.29, 1.82) is 0 Å². The van der Waals surface area contributed by atoms with Crippen LogP contribution in [0.4, 0.5) is 0 Å². The Kier molecular flexibility index (Phi) is 47400. The van der Waals surface area contributed by atoms with Gasteiger partial charge in [-0.25, -0.2) is 0 Å². The second-order valence-electron chi connectivity index (χ2n) is 0. The fourth-order valence-electron chi connectivity index (χ4n) is 0. The Morgan fingerprint density at radius 3 is 0.286 bits per heavy atom. The molecule has 0 aliphatic rings. The molecule has 0 amide bonds. The van der Waals surface area contributed by atoms with E-state index in [1.807, 2.05) is 0 Å². The molecule has 0 aliphatic carbocycles. The quantitative estimate of drug-likeness (QED) is 0.600. The van der Waals surface area contributed by atoms with E-state index >= 15 is 0 Å². The third-order valence-corrected chi connectivity index (χ3v) is 0. The summed E-state index contributed by atoms with van der Waals surface area (Å²) in [7, 11) is 0. The average molecular weight is 285 g/mol. The van der Waals surface area contributed by atoms with Crippen molar-refractivity contribution in [2.45, 2.75) is 0 Å². The predicted octanol–water partition coefficient (Wildman–Crippen LogP) is 2.70. The summed E-state index contributed by atoms with van der Waals surface area (Å²) in [6, 6.07) is 0. The molecule has 0 aromatic carbocycles. The first kappa shape index (κ1) is 726. The SMILES string of the molecule is [CH3-].[CH3-].[CH3-].[CH3-].[CH3-].[CH3-].[Pt]. The van der Waals surface area contributed by atoms with Crippen molar-refractivity contribution in [3.05, 3.63) is 44.6 Å². The zero-order chi connectivity index (χ0) is 0. The average Bonchev–Trinajstić information content (AvgIpc) is 0. The molecule has 0 saturated carbocycles. The van der Waals surface area contributed by atoms with Gasteiger partial charge in [-0.2, -0.15) is 0 Å². The molecule has 1 heteroatoms. The van der Waals surface area contributed by atoms with Gasteiger partial charge in [0.25, 0.3) is 0 Å². The zero-order valence-corrected chi connectivity index (χ0v) is 8.59. The summed E-state index contributed by atoms with van der Waals surface area (Å²) in [4.78, 5) is 0. The Hall–Kier alpha value is 0.688. The maximum absolute atomic E-state index is 0. The van der Waals surface area contributed by atoms with Gasteiger partial charge in [-0.05, 0) is 0 Å². The molecule has 0 aliphatic heterocycles. The molecular weight excluding hydrogens is 267 g/mol. The van der Waals surface area contributed by atoms with Gasteiger partial charge >= 0.3 is 0 Å². The van der Waals surface area contributed by atoms with E-state index < -0.39 is 0 Å². The minimum Gasteiger partial charge on any atom is -0.358 e. The molecule has 0 aromatic rings. The molecular formula is C6H18Pt-6. The molecule has 0 unspecified atom stereocenters. The van der Waals surface area contributed by atoms with Crippen LogP contribution in [-0.2, 0) is 21.1 Å². The summed E-state index contributed by atoms with van der Waals surface area (Å²) in [5.41, 5.74) is 0. The van der Waals surface area contributed by atoms with Crippen LogP contribution in [0.1, 0.15) is 0 Å². The van der Waals surface area contributed by atoms with Crippen LogP contribution in [0.15, 0.2) is 0 Å². The monoisotopic (exact) mass is 285 g/mol. The van der Waals surface area contributed by atoms with Crippen LogP contribution in [0.5, 0.6) is 0 Å². The smallest absolute Gasteiger partial charge is 0 e. The van der Waals surface area contributed by atoms with E-state index in [-0.39, 0.29) is 65.6 Å². The van der Waals surface area contributed by atoms with Gasteiger partial charge < -0.3 is 44.6 Å². The first-order chi connectivity index (χ1) is 0. The largest absolute Gasteiger partial charge is 0.358 e. The normalized spacial score (nSPS) is 0. The van der Waals surface area contributed by atoms with Crippen LogP contribution in [0.25, 0.3) is 0 Å².